The smallest absolute Gasteiger partial charge is 0.251 e. The zero-order chi connectivity index (χ0) is 18.4. The Morgan fingerprint density at radius 3 is 2.32 bits per heavy atom. The number of carbonyl (C=O) groups excluding carboxylic acids is 1. The fourth-order valence-electron chi connectivity index (χ4n) is 2.12. The van der Waals surface area contributed by atoms with Crippen LogP contribution in [0.2, 0.25) is 0 Å². The van der Waals surface area contributed by atoms with Crippen molar-refractivity contribution in [1.82, 2.24) is 5.32 Å². The van der Waals surface area contributed by atoms with E-state index >= 15 is 0 Å². The van der Waals surface area contributed by atoms with Crippen molar-refractivity contribution < 1.29 is 14.6 Å². The Balaban J connectivity index is 1.84. The molecule has 0 heterocycles. The first-order valence-corrected chi connectivity index (χ1v) is 8.08. The Morgan fingerprint density at radius 2 is 1.76 bits per heavy atom. The second-order valence-electron chi connectivity index (χ2n) is 6.33. The van der Waals surface area contributed by atoms with E-state index in [1.165, 1.54) is 12.1 Å². The SMILES string of the molecule is C=C(N)C(C)(C)Oc1ccc(CCNC(=O)c2ccc(O)cc2)cc1. The maximum atomic E-state index is 12.0. The summed E-state index contributed by atoms with van der Waals surface area (Å²) >= 11 is 0. The second-order valence-corrected chi connectivity index (χ2v) is 6.33. The van der Waals surface area contributed by atoms with Gasteiger partial charge in [0.25, 0.3) is 5.91 Å². The summed E-state index contributed by atoms with van der Waals surface area (Å²) in [5, 5.41) is 12.1. The summed E-state index contributed by atoms with van der Waals surface area (Å²) in [5.74, 6) is 0.692. The molecule has 0 atom stereocenters. The number of ether oxygens (including phenoxy) is 1. The highest BCUT2D eigenvalue weighted by Gasteiger charge is 2.21. The van der Waals surface area contributed by atoms with Gasteiger partial charge in [-0.3, -0.25) is 4.79 Å². The van der Waals surface area contributed by atoms with Gasteiger partial charge in [0.15, 0.2) is 0 Å². The van der Waals surface area contributed by atoms with E-state index in [0.29, 0.717) is 30.0 Å². The summed E-state index contributed by atoms with van der Waals surface area (Å²) in [6, 6.07) is 13.8. The number of phenolic OH excluding ortho intramolecular Hbond substituents is 1. The molecule has 0 aliphatic rings. The normalized spacial score (nSPS) is 11.0. The maximum Gasteiger partial charge on any atom is 0.251 e. The van der Waals surface area contributed by atoms with Crippen LogP contribution in [0.4, 0.5) is 0 Å². The number of rotatable bonds is 7. The van der Waals surface area contributed by atoms with E-state index < -0.39 is 5.60 Å². The molecule has 2 aromatic carbocycles. The predicted octanol–water partition coefficient (Wildman–Crippen LogP) is 2.99. The van der Waals surface area contributed by atoms with Crippen LogP contribution in [0.3, 0.4) is 0 Å². The molecule has 0 unspecified atom stereocenters. The molecule has 0 fully saturated rings. The van der Waals surface area contributed by atoms with Crippen LogP contribution in [-0.4, -0.2) is 23.2 Å². The number of phenols is 1. The molecular formula is C20H24N2O3. The van der Waals surface area contributed by atoms with Crippen molar-refractivity contribution in [2.24, 2.45) is 5.73 Å². The van der Waals surface area contributed by atoms with Gasteiger partial charge in [0.2, 0.25) is 0 Å². The minimum atomic E-state index is -0.625. The fourth-order valence-corrected chi connectivity index (χ4v) is 2.12. The van der Waals surface area contributed by atoms with Crippen LogP contribution in [0.25, 0.3) is 0 Å². The Bertz CT molecular complexity index is 735. The Kier molecular flexibility index (Phi) is 5.70. The first-order chi connectivity index (χ1) is 11.8. The Labute approximate surface area is 148 Å². The third-order valence-electron chi connectivity index (χ3n) is 3.90. The van der Waals surface area contributed by atoms with E-state index in [1.807, 2.05) is 38.1 Å². The van der Waals surface area contributed by atoms with E-state index in [-0.39, 0.29) is 11.7 Å². The number of nitrogens with one attached hydrogen (secondary N) is 1. The number of hydrogen-bond donors (Lipinski definition) is 3. The lowest BCUT2D eigenvalue weighted by atomic mass is 10.1. The molecular weight excluding hydrogens is 316 g/mol. The molecule has 0 aliphatic carbocycles. The molecule has 0 bridgehead atoms. The first kappa shape index (κ1) is 18.4. The average molecular weight is 340 g/mol. The standard InChI is InChI=1S/C20H24N2O3/c1-14(21)20(2,3)25-18-10-4-15(5-11-18)12-13-22-19(24)16-6-8-17(23)9-7-16/h4-11,23H,1,12-13,21H2,2-3H3,(H,22,24). The van der Waals surface area contributed by atoms with E-state index in [2.05, 4.69) is 11.9 Å². The zero-order valence-corrected chi connectivity index (χ0v) is 14.6. The van der Waals surface area contributed by atoms with Crippen LogP contribution in [0.1, 0.15) is 29.8 Å². The molecule has 0 aromatic heterocycles. The average Bonchev–Trinajstić information content (AvgIpc) is 2.56. The third kappa shape index (κ3) is 5.28. The number of aromatic hydroxyl groups is 1. The molecule has 2 aromatic rings. The molecule has 5 nitrogen and oxygen atoms in total. The van der Waals surface area contributed by atoms with Crippen molar-refractivity contribution in [3.8, 4) is 11.5 Å². The highest BCUT2D eigenvalue weighted by atomic mass is 16.5. The van der Waals surface area contributed by atoms with Crippen LogP contribution < -0.4 is 15.8 Å². The minimum absolute atomic E-state index is 0.139. The van der Waals surface area contributed by atoms with Gasteiger partial charge in [-0.15, -0.1) is 0 Å². The summed E-state index contributed by atoms with van der Waals surface area (Å²) in [7, 11) is 0. The number of amides is 1. The van der Waals surface area contributed by atoms with Crippen LogP contribution >= 0.6 is 0 Å². The summed E-state index contributed by atoms with van der Waals surface area (Å²) < 4.78 is 5.81. The van der Waals surface area contributed by atoms with Gasteiger partial charge in [-0.2, -0.15) is 0 Å². The van der Waals surface area contributed by atoms with E-state index in [4.69, 9.17) is 10.5 Å². The van der Waals surface area contributed by atoms with Gasteiger partial charge >= 0.3 is 0 Å². The summed E-state index contributed by atoms with van der Waals surface area (Å²) in [4.78, 5) is 12.0. The molecule has 0 spiro atoms. The Morgan fingerprint density at radius 1 is 1.16 bits per heavy atom. The molecule has 0 aliphatic heterocycles. The third-order valence-corrected chi connectivity index (χ3v) is 3.90. The molecule has 4 N–H and O–H groups in total. The zero-order valence-electron chi connectivity index (χ0n) is 14.6. The van der Waals surface area contributed by atoms with E-state index in [1.54, 1.807) is 12.1 Å². The van der Waals surface area contributed by atoms with Crippen molar-refractivity contribution in [2.45, 2.75) is 25.9 Å². The molecule has 0 radical (unpaired) electrons. The van der Waals surface area contributed by atoms with Crippen molar-refractivity contribution >= 4 is 5.91 Å². The number of hydrogen-bond acceptors (Lipinski definition) is 4. The van der Waals surface area contributed by atoms with Crippen molar-refractivity contribution in [3.05, 3.63) is 71.9 Å². The van der Waals surface area contributed by atoms with Gasteiger partial charge in [0.1, 0.15) is 17.1 Å². The van der Waals surface area contributed by atoms with Crippen LogP contribution in [0.15, 0.2) is 60.8 Å². The van der Waals surface area contributed by atoms with Gasteiger partial charge in [-0.1, -0.05) is 18.7 Å². The topological polar surface area (TPSA) is 84.6 Å². The largest absolute Gasteiger partial charge is 0.508 e. The molecule has 0 saturated heterocycles. The summed E-state index contributed by atoms with van der Waals surface area (Å²) in [6.45, 7) is 7.97. The van der Waals surface area contributed by atoms with Gasteiger partial charge in [0.05, 0.1) is 0 Å². The molecule has 5 heteroatoms. The molecule has 2 rings (SSSR count). The monoisotopic (exact) mass is 340 g/mol. The van der Waals surface area contributed by atoms with Crippen molar-refractivity contribution in [1.29, 1.82) is 0 Å². The summed E-state index contributed by atoms with van der Waals surface area (Å²) in [6.07, 6.45) is 0.705. The first-order valence-electron chi connectivity index (χ1n) is 8.08. The molecule has 0 saturated carbocycles. The molecule has 25 heavy (non-hydrogen) atoms. The molecule has 1 amide bonds. The summed E-state index contributed by atoms with van der Waals surface area (Å²) in [5.41, 5.74) is 7.17. The number of carbonyl (C=O) groups is 1. The van der Waals surface area contributed by atoms with Gasteiger partial charge in [0, 0.05) is 17.8 Å². The lowest BCUT2D eigenvalue weighted by Gasteiger charge is -2.26. The van der Waals surface area contributed by atoms with Crippen LogP contribution in [-0.2, 0) is 6.42 Å². The lowest BCUT2D eigenvalue weighted by Crippen LogP contribution is -2.34. The van der Waals surface area contributed by atoms with E-state index in [0.717, 1.165) is 5.56 Å². The lowest BCUT2D eigenvalue weighted by molar-refractivity contribution is 0.0954. The highest BCUT2D eigenvalue weighted by molar-refractivity contribution is 5.94. The minimum Gasteiger partial charge on any atom is -0.508 e. The van der Waals surface area contributed by atoms with Gasteiger partial charge in [-0.25, -0.2) is 0 Å². The van der Waals surface area contributed by atoms with Crippen molar-refractivity contribution in [3.63, 3.8) is 0 Å². The second kappa shape index (κ2) is 7.75. The van der Waals surface area contributed by atoms with E-state index in [9.17, 15) is 9.90 Å². The number of nitrogens with two attached hydrogens (primary N) is 1. The van der Waals surface area contributed by atoms with Crippen LogP contribution in [0.5, 0.6) is 11.5 Å². The maximum absolute atomic E-state index is 12.0. The van der Waals surface area contributed by atoms with Gasteiger partial charge < -0.3 is 20.9 Å². The van der Waals surface area contributed by atoms with Crippen LogP contribution in [0, 0.1) is 0 Å². The highest BCUT2D eigenvalue weighted by Crippen LogP contribution is 2.22. The molecule has 132 valence electrons. The van der Waals surface area contributed by atoms with Crippen molar-refractivity contribution in [2.75, 3.05) is 6.54 Å². The fraction of sp³-hybridized carbons (Fsp3) is 0.250. The van der Waals surface area contributed by atoms with Gasteiger partial charge in [-0.05, 0) is 62.2 Å². The number of benzene rings is 2. The predicted molar refractivity (Wildman–Crippen MR) is 98.6 cm³/mol. The Hall–Kier alpha value is -2.95. The quantitative estimate of drug-likeness (QED) is 0.723.